The van der Waals surface area contributed by atoms with Gasteiger partial charge in [0.2, 0.25) is 0 Å². The zero-order chi connectivity index (χ0) is 9.78. The first-order chi connectivity index (χ1) is 6.41. The molecule has 0 fully saturated rings. The van der Waals surface area contributed by atoms with Crippen LogP contribution in [0.3, 0.4) is 0 Å². The first kappa shape index (κ1) is 12.5. The van der Waals surface area contributed by atoms with E-state index >= 15 is 0 Å². The summed E-state index contributed by atoms with van der Waals surface area (Å²) in [5, 5.41) is 0. The maximum Gasteiger partial charge on any atom is -0.0316 e. The highest BCUT2D eigenvalue weighted by molar-refractivity contribution is 4.87. The van der Waals surface area contributed by atoms with Gasteiger partial charge in [-0.15, -0.1) is 0 Å². The molecule has 0 saturated heterocycles. The van der Waals surface area contributed by atoms with Crippen molar-refractivity contribution in [3.8, 4) is 0 Å². The molecule has 0 unspecified atom stereocenters. The van der Waals surface area contributed by atoms with Gasteiger partial charge in [0, 0.05) is 0 Å². The Morgan fingerprint density at radius 2 is 1.38 bits per heavy atom. The molecule has 0 aliphatic rings. The van der Waals surface area contributed by atoms with E-state index in [1.54, 1.807) is 0 Å². The zero-order valence-electron chi connectivity index (χ0n) is 8.97. The van der Waals surface area contributed by atoms with Gasteiger partial charge in [-0.1, -0.05) is 51.0 Å². The summed E-state index contributed by atoms with van der Waals surface area (Å²) in [4.78, 5) is 0. The molecule has 0 aromatic heterocycles. The maximum absolute atomic E-state index is 3.81. The van der Waals surface area contributed by atoms with Crippen LogP contribution in [0.25, 0.3) is 0 Å². The molecule has 0 N–H and O–H groups in total. The summed E-state index contributed by atoms with van der Waals surface area (Å²) in [5.74, 6) is 0. The summed E-state index contributed by atoms with van der Waals surface area (Å²) < 4.78 is 0. The van der Waals surface area contributed by atoms with Crippen molar-refractivity contribution in [1.82, 2.24) is 0 Å². The molecule has 0 aromatic rings. The normalized spacial score (nSPS) is 11.8. The minimum absolute atomic E-state index is 1.06. The van der Waals surface area contributed by atoms with Gasteiger partial charge in [-0.2, -0.15) is 0 Å². The topological polar surface area (TPSA) is 0 Å². The van der Waals surface area contributed by atoms with Crippen molar-refractivity contribution in [3.63, 3.8) is 0 Å². The van der Waals surface area contributed by atoms with Gasteiger partial charge < -0.3 is 0 Å². The van der Waals surface area contributed by atoms with Gasteiger partial charge in [0.05, 0.1) is 0 Å². The van der Waals surface area contributed by atoms with Crippen LogP contribution in [0.4, 0.5) is 0 Å². The second-order valence-electron chi connectivity index (χ2n) is 3.30. The monoisotopic (exact) mass is 179 g/mol. The maximum atomic E-state index is 3.81. The molecule has 0 atom stereocenters. The Balaban J connectivity index is 3.10. The lowest BCUT2D eigenvalue weighted by Gasteiger charge is -1.89. The molecule has 1 radical (unpaired) electrons. The second-order valence-corrected chi connectivity index (χ2v) is 3.30. The van der Waals surface area contributed by atoms with Gasteiger partial charge in [0.1, 0.15) is 0 Å². The predicted octanol–water partition coefficient (Wildman–Crippen LogP) is 4.68. The number of hydrogen-bond acceptors (Lipinski definition) is 0. The summed E-state index contributed by atoms with van der Waals surface area (Å²) in [6.07, 6.45) is 17.5. The Morgan fingerprint density at radius 3 is 1.92 bits per heavy atom. The van der Waals surface area contributed by atoms with Crippen molar-refractivity contribution >= 4 is 0 Å². The fourth-order valence-corrected chi connectivity index (χ4v) is 1.09. The van der Waals surface area contributed by atoms with Crippen molar-refractivity contribution in [2.45, 2.75) is 51.9 Å². The highest BCUT2D eigenvalue weighted by Crippen LogP contribution is 1.99. The average Bonchev–Trinajstić information content (AvgIpc) is 2.16. The van der Waals surface area contributed by atoms with E-state index in [0.29, 0.717) is 0 Å². The third-order valence-corrected chi connectivity index (χ3v) is 1.91. The van der Waals surface area contributed by atoms with E-state index in [-0.39, 0.29) is 0 Å². The first-order valence-electron chi connectivity index (χ1n) is 5.51. The summed E-state index contributed by atoms with van der Waals surface area (Å²) in [6.45, 7) is 6.02. The third-order valence-electron chi connectivity index (χ3n) is 1.91. The van der Waals surface area contributed by atoms with Gasteiger partial charge in [0.25, 0.3) is 0 Å². The van der Waals surface area contributed by atoms with Gasteiger partial charge in [-0.05, 0) is 32.1 Å². The number of hydrogen-bond donors (Lipinski definition) is 0. The van der Waals surface area contributed by atoms with Crippen molar-refractivity contribution in [2.24, 2.45) is 0 Å². The quantitative estimate of drug-likeness (QED) is 0.375. The van der Waals surface area contributed by atoms with Crippen LogP contribution < -0.4 is 0 Å². The average molecular weight is 179 g/mol. The molecule has 0 amide bonds. The number of unbranched alkanes of at least 4 members (excludes halogenated alkanes) is 4. The molecular formula is C13H23. The summed E-state index contributed by atoms with van der Waals surface area (Å²) in [5.41, 5.74) is 0. The van der Waals surface area contributed by atoms with Crippen LogP contribution in [0, 0.1) is 6.92 Å². The molecule has 13 heavy (non-hydrogen) atoms. The highest BCUT2D eigenvalue weighted by atomic mass is 13.9. The largest absolute Gasteiger partial charge is 0.0885 e. The molecule has 0 bridgehead atoms. The second kappa shape index (κ2) is 11.5. The SMILES string of the molecule is [CH2]CCC/C=C\CC/C=C\CCC. The zero-order valence-corrected chi connectivity index (χ0v) is 8.97. The smallest absolute Gasteiger partial charge is 0.0316 e. The lowest BCUT2D eigenvalue weighted by Crippen LogP contribution is -1.69. The van der Waals surface area contributed by atoms with Crippen LogP contribution in [0.2, 0.25) is 0 Å². The Bertz CT molecular complexity index is 131. The standard InChI is InChI=1S/C13H23/c1-3-5-7-9-11-13-12-10-8-6-4-2/h8-11H,1,3-7,12-13H2,2H3/b10-8-,11-9-. The minimum atomic E-state index is 1.06. The van der Waals surface area contributed by atoms with E-state index in [1.165, 1.54) is 38.5 Å². The number of rotatable bonds is 8. The summed E-state index contributed by atoms with van der Waals surface area (Å²) >= 11 is 0. The van der Waals surface area contributed by atoms with Gasteiger partial charge in [-0.25, -0.2) is 0 Å². The fourth-order valence-electron chi connectivity index (χ4n) is 1.09. The Morgan fingerprint density at radius 1 is 0.846 bits per heavy atom. The molecule has 0 spiro atoms. The lowest BCUT2D eigenvalue weighted by molar-refractivity contribution is 0.860. The van der Waals surface area contributed by atoms with Crippen LogP contribution in [-0.2, 0) is 0 Å². The van der Waals surface area contributed by atoms with E-state index in [1.807, 2.05) is 0 Å². The molecule has 0 aliphatic heterocycles. The van der Waals surface area contributed by atoms with E-state index in [0.717, 1.165) is 6.42 Å². The van der Waals surface area contributed by atoms with E-state index < -0.39 is 0 Å². The van der Waals surface area contributed by atoms with E-state index in [2.05, 4.69) is 38.2 Å². The highest BCUT2D eigenvalue weighted by Gasteiger charge is 1.79. The predicted molar refractivity (Wildman–Crippen MR) is 61.6 cm³/mol. The molecule has 0 nitrogen and oxygen atoms in total. The molecule has 75 valence electrons. The van der Waals surface area contributed by atoms with Crippen molar-refractivity contribution in [3.05, 3.63) is 31.2 Å². The van der Waals surface area contributed by atoms with Gasteiger partial charge in [-0.3, -0.25) is 0 Å². The van der Waals surface area contributed by atoms with Crippen LogP contribution >= 0.6 is 0 Å². The molecule has 0 heteroatoms. The molecule has 0 aliphatic carbocycles. The Labute approximate surface area is 83.7 Å². The molecule has 0 aromatic carbocycles. The van der Waals surface area contributed by atoms with Gasteiger partial charge >= 0.3 is 0 Å². The van der Waals surface area contributed by atoms with Crippen molar-refractivity contribution in [2.75, 3.05) is 0 Å². The van der Waals surface area contributed by atoms with Crippen LogP contribution in [0.5, 0.6) is 0 Å². The third kappa shape index (κ3) is 11.5. The van der Waals surface area contributed by atoms with E-state index in [4.69, 9.17) is 0 Å². The summed E-state index contributed by atoms with van der Waals surface area (Å²) in [6, 6.07) is 0. The molecule has 0 saturated carbocycles. The van der Waals surface area contributed by atoms with E-state index in [9.17, 15) is 0 Å². The molecular weight excluding hydrogens is 156 g/mol. The molecule has 0 heterocycles. The van der Waals surface area contributed by atoms with Gasteiger partial charge in [0.15, 0.2) is 0 Å². The first-order valence-corrected chi connectivity index (χ1v) is 5.51. The lowest BCUT2D eigenvalue weighted by atomic mass is 10.2. The van der Waals surface area contributed by atoms with Crippen molar-refractivity contribution in [1.29, 1.82) is 0 Å². The Kier molecular flexibility index (Phi) is 11.0. The molecule has 0 rings (SSSR count). The van der Waals surface area contributed by atoms with Crippen molar-refractivity contribution < 1.29 is 0 Å². The van der Waals surface area contributed by atoms with Crippen LogP contribution in [0.15, 0.2) is 24.3 Å². The Hall–Kier alpha value is -0.520. The minimum Gasteiger partial charge on any atom is -0.0885 e. The van der Waals surface area contributed by atoms with Crippen LogP contribution in [0.1, 0.15) is 51.9 Å². The van der Waals surface area contributed by atoms with Crippen LogP contribution in [-0.4, -0.2) is 0 Å². The summed E-state index contributed by atoms with van der Waals surface area (Å²) in [7, 11) is 0. The number of allylic oxidation sites excluding steroid dienone is 4. The fraction of sp³-hybridized carbons (Fsp3) is 0.615.